The molecule has 1 fully saturated rings. The molecule has 0 unspecified atom stereocenters. The van der Waals surface area contributed by atoms with Crippen molar-refractivity contribution in [2.45, 2.75) is 25.6 Å². The van der Waals surface area contributed by atoms with Gasteiger partial charge in [0.1, 0.15) is 0 Å². The highest BCUT2D eigenvalue weighted by molar-refractivity contribution is 5.73. The highest BCUT2D eigenvalue weighted by atomic mass is 19.4. The molecule has 0 bridgehead atoms. The number of carbonyl (C=O) groups is 1. The lowest BCUT2D eigenvalue weighted by Gasteiger charge is -2.36. The van der Waals surface area contributed by atoms with E-state index in [0.29, 0.717) is 37.6 Å². The molecule has 0 spiro atoms. The smallest absolute Gasteiger partial charge is 0.416 e. The van der Waals surface area contributed by atoms with E-state index < -0.39 is 11.7 Å². The van der Waals surface area contributed by atoms with Gasteiger partial charge in [0, 0.05) is 45.0 Å². The molecule has 10 heteroatoms. The van der Waals surface area contributed by atoms with Crippen molar-refractivity contribution in [1.82, 2.24) is 15.5 Å². The topological polar surface area (TPSA) is 77.1 Å². The number of hydrogen-bond donors (Lipinski definition) is 3. The van der Waals surface area contributed by atoms with Crippen LogP contribution in [0.5, 0.6) is 11.5 Å². The van der Waals surface area contributed by atoms with E-state index in [-0.39, 0.29) is 11.8 Å². The zero-order valence-electron chi connectivity index (χ0n) is 19.2. The molecular formula is C24H31F3N4O3. The number of phenolic OH excluding ortho intramolecular Hbond substituents is 1. The fourth-order valence-electron chi connectivity index (χ4n) is 3.85. The van der Waals surface area contributed by atoms with Crippen molar-refractivity contribution in [2.75, 3.05) is 51.3 Å². The van der Waals surface area contributed by atoms with E-state index in [4.69, 9.17) is 4.74 Å². The molecule has 0 saturated carbocycles. The number of nitrogens with zero attached hydrogens (tertiary/aromatic N) is 2. The summed E-state index contributed by atoms with van der Waals surface area (Å²) in [5.74, 6) is 0.406. The monoisotopic (exact) mass is 480 g/mol. The number of nitrogens with one attached hydrogen (secondary N) is 2. The summed E-state index contributed by atoms with van der Waals surface area (Å²) < 4.78 is 43.9. The zero-order valence-corrected chi connectivity index (χ0v) is 19.2. The van der Waals surface area contributed by atoms with Gasteiger partial charge in [-0.25, -0.2) is 4.79 Å². The average molecular weight is 481 g/mol. The van der Waals surface area contributed by atoms with E-state index in [2.05, 4.69) is 15.5 Å². The molecular weight excluding hydrogens is 449 g/mol. The van der Waals surface area contributed by atoms with Crippen LogP contribution in [0.25, 0.3) is 0 Å². The quantitative estimate of drug-likeness (QED) is 0.476. The molecule has 1 heterocycles. The molecule has 2 amide bonds. The Hall–Kier alpha value is -3.14. The van der Waals surface area contributed by atoms with E-state index in [0.717, 1.165) is 44.1 Å². The van der Waals surface area contributed by atoms with Crippen LogP contribution in [0.1, 0.15) is 24.0 Å². The van der Waals surface area contributed by atoms with E-state index >= 15 is 0 Å². The number of urea groups is 1. The molecule has 0 aliphatic carbocycles. The molecule has 1 aliphatic rings. The van der Waals surface area contributed by atoms with E-state index in [1.165, 1.54) is 25.3 Å². The molecule has 186 valence electrons. The number of alkyl halides is 3. The Bertz CT molecular complexity index is 947. The SMILES string of the molecule is COc1cc(CNC(=O)NCCCCN2CCN(c3cccc(C(F)(F)F)c3)CC2)ccc1O. The first kappa shape index (κ1) is 25.5. The third-order valence-corrected chi connectivity index (χ3v) is 5.79. The molecule has 0 aromatic heterocycles. The van der Waals surface area contributed by atoms with Crippen molar-refractivity contribution >= 4 is 11.7 Å². The minimum atomic E-state index is -4.33. The maximum atomic E-state index is 12.9. The fourth-order valence-corrected chi connectivity index (χ4v) is 3.85. The second-order valence-electron chi connectivity index (χ2n) is 8.20. The number of benzene rings is 2. The lowest BCUT2D eigenvalue weighted by Crippen LogP contribution is -2.46. The predicted octanol–water partition coefficient (Wildman–Crippen LogP) is 3.82. The Morgan fingerprint density at radius 3 is 2.53 bits per heavy atom. The number of piperazine rings is 1. The number of unbranched alkanes of at least 4 members (excludes halogenated alkanes) is 1. The first-order valence-electron chi connectivity index (χ1n) is 11.3. The van der Waals surface area contributed by atoms with Gasteiger partial charge in [0.2, 0.25) is 0 Å². The van der Waals surface area contributed by atoms with Gasteiger partial charge in [-0.3, -0.25) is 4.90 Å². The number of methoxy groups -OCH3 is 1. The van der Waals surface area contributed by atoms with Crippen LogP contribution in [0.3, 0.4) is 0 Å². The van der Waals surface area contributed by atoms with Crippen molar-refractivity contribution in [1.29, 1.82) is 0 Å². The number of halogens is 3. The van der Waals surface area contributed by atoms with Crippen molar-refractivity contribution in [3.8, 4) is 11.5 Å². The molecule has 7 nitrogen and oxygen atoms in total. The third kappa shape index (κ3) is 7.44. The molecule has 1 saturated heterocycles. The van der Waals surface area contributed by atoms with Crippen molar-refractivity contribution < 1.29 is 27.8 Å². The summed E-state index contributed by atoms with van der Waals surface area (Å²) in [6, 6.07) is 10.1. The Morgan fingerprint density at radius 2 is 1.82 bits per heavy atom. The highest BCUT2D eigenvalue weighted by Crippen LogP contribution is 2.32. The van der Waals surface area contributed by atoms with Crippen LogP contribution < -0.4 is 20.3 Å². The summed E-state index contributed by atoms with van der Waals surface area (Å²) in [5.41, 5.74) is 0.802. The molecule has 0 atom stereocenters. The predicted molar refractivity (Wildman–Crippen MR) is 124 cm³/mol. The summed E-state index contributed by atoms with van der Waals surface area (Å²) in [6.45, 7) is 4.70. The molecule has 0 radical (unpaired) electrons. The third-order valence-electron chi connectivity index (χ3n) is 5.79. The average Bonchev–Trinajstić information content (AvgIpc) is 2.83. The molecule has 2 aromatic carbocycles. The minimum absolute atomic E-state index is 0.0489. The standard InChI is InChI=1S/C24H31F3N4O3/c1-34-22-15-18(7-8-21(22)32)17-29-23(33)28-9-2-3-10-30-11-13-31(14-12-30)20-6-4-5-19(16-20)24(25,26)27/h4-8,15-16,32H,2-3,9-14,17H2,1H3,(H2,28,29,33). The van der Waals surface area contributed by atoms with Gasteiger partial charge in [0.15, 0.2) is 11.5 Å². The van der Waals surface area contributed by atoms with Crippen molar-refractivity contribution in [3.63, 3.8) is 0 Å². The molecule has 3 N–H and O–H groups in total. The Kier molecular flexibility index (Phi) is 8.86. The Balaban J connectivity index is 1.29. The van der Waals surface area contributed by atoms with Gasteiger partial charge in [-0.1, -0.05) is 12.1 Å². The van der Waals surface area contributed by atoms with Crippen LogP contribution in [0.15, 0.2) is 42.5 Å². The summed E-state index contributed by atoms with van der Waals surface area (Å²) >= 11 is 0. The largest absolute Gasteiger partial charge is 0.504 e. The summed E-state index contributed by atoms with van der Waals surface area (Å²) in [4.78, 5) is 16.3. The number of rotatable bonds is 9. The van der Waals surface area contributed by atoms with Crippen LogP contribution in [-0.4, -0.2) is 62.4 Å². The number of hydrogen-bond acceptors (Lipinski definition) is 5. The molecule has 2 aromatic rings. The van der Waals surface area contributed by atoms with E-state index in [1.54, 1.807) is 18.2 Å². The summed E-state index contributed by atoms with van der Waals surface area (Å²) in [5, 5.41) is 15.2. The second kappa shape index (κ2) is 11.8. The van der Waals surface area contributed by atoms with Gasteiger partial charge in [-0.15, -0.1) is 0 Å². The van der Waals surface area contributed by atoms with Crippen molar-refractivity contribution in [3.05, 3.63) is 53.6 Å². The molecule has 34 heavy (non-hydrogen) atoms. The highest BCUT2D eigenvalue weighted by Gasteiger charge is 2.31. The van der Waals surface area contributed by atoms with Crippen LogP contribution in [0.2, 0.25) is 0 Å². The molecule has 1 aliphatic heterocycles. The molecule has 3 rings (SSSR count). The number of amides is 2. The van der Waals surface area contributed by atoms with Crippen molar-refractivity contribution in [2.24, 2.45) is 0 Å². The van der Waals surface area contributed by atoms with Gasteiger partial charge in [-0.05, 0) is 55.3 Å². The fraction of sp³-hybridized carbons (Fsp3) is 0.458. The minimum Gasteiger partial charge on any atom is -0.504 e. The maximum Gasteiger partial charge on any atom is 0.416 e. The first-order valence-corrected chi connectivity index (χ1v) is 11.3. The summed E-state index contributed by atoms with van der Waals surface area (Å²) in [7, 11) is 1.47. The number of phenols is 1. The normalized spacial score (nSPS) is 14.6. The Labute approximate surface area is 197 Å². The van der Waals surface area contributed by atoms with Gasteiger partial charge in [0.05, 0.1) is 12.7 Å². The van der Waals surface area contributed by atoms with Gasteiger partial charge in [0.25, 0.3) is 0 Å². The van der Waals surface area contributed by atoms with Crippen LogP contribution in [0, 0.1) is 0 Å². The Morgan fingerprint density at radius 1 is 1.06 bits per heavy atom. The van der Waals surface area contributed by atoms with Gasteiger partial charge >= 0.3 is 12.2 Å². The maximum absolute atomic E-state index is 12.9. The zero-order chi connectivity index (χ0) is 24.6. The first-order chi connectivity index (χ1) is 16.3. The second-order valence-corrected chi connectivity index (χ2v) is 8.20. The lowest BCUT2D eigenvalue weighted by molar-refractivity contribution is -0.137. The summed E-state index contributed by atoms with van der Waals surface area (Å²) in [6.07, 6.45) is -2.59. The van der Waals surface area contributed by atoms with E-state index in [9.17, 15) is 23.1 Å². The van der Waals surface area contributed by atoms with Gasteiger partial charge < -0.3 is 25.4 Å². The van der Waals surface area contributed by atoms with Gasteiger partial charge in [-0.2, -0.15) is 13.2 Å². The number of aromatic hydroxyl groups is 1. The number of carbonyl (C=O) groups excluding carboxylic acids is 1. The number of anilines is 1. The van der Waals surface area contributed by atoms with Crippen LogP contribution in [0.4, 0.5) is 23.7 Å². The lowest BCUT2D eigenvalue weighted by atomic mass is 10.1. The van der Waals surface area contributed by atoms with Crippen LogP contribution >= 0.6 is 0 Å². The van der Waals surface area contributed by atoms with Crippen LogP contribution in [-0.2, 0) is 12.7 Å². The van der Waals surface area contributed by atoms with E-state index in [1.807, 2.05) is 4.90 Å². The number of ether oxygens (including phenoxy) is 1.